The molecule has 0 N–H and O–H groups in total. The Labute approximate surface area is 85.1 Å². The van der Waals surface area contributed by atoms with Gasteiger partial charge >= 0.3 is 0 Å². The summed E-state index contributed by atoms with van der Waals surface area (Å²) in [5.41, 5.74) is 0. The average molecular weight is 184 g/mol. The van der Waals surface area contributed by atoms with E-state index in [1.54, 1.807) is 0 Å². The molecule has 0 radical (unpaired) electrons. The standard InChI is InChI=1S/C11H22.C2H6/c1-4-9(2)10(3)8-11-6-5-7-11;1-2/h9-11H,4-8H2,1-3H3;1-2H3. The van der Waals surface area contributed by atoms with Crippen molar-refractivity contribution in [1.82, 2.24) is 0 Å². The fraction of sp³-hybridized carbons (Fsp3) is 1.00. The summed E-state index contributed by atoms with van der Waals surface area (Å²) in [6.45, 7) is 11.1. The third-order valence-corrected chi connectivity index (χ3v) is 3.55. The van der Waals surface area contributed by atoms with Crippen molar-refractivity contribution in [2.75, 3.05) is 0 Å². The van der Waals surface area contributed by atoms with Crippen LogP contribution >= 0.6 is 0 Å². The zero-order valence-electron chi connectivity index (χ0n) is 10.3. The molecule has 0 heterocycles. The van der Waals surface area contributed by atoms with E-state index in [1.807, 2.05) is 13.8 Å². The van der Waals surface area contributed by atoms with Gasteiger partial charge < -0.3 is 0 Å². The van der Waals surface area contributed by atoms with Crippen LogP contribution in [0.4, 0.5) is 0 Å². The molecule has 0 bridgehead atoms. The van der Waals surface area contributed by atoms with Gasteiger partial charge in [-0.3, -0.25) is 0 Å². The first-order valence-electron chi connectivity index (χ1n) is 6.24. The maximum atomic E-state index is 2.42. The third-order valence-electron chi connectivity index (χ3n) is 3.55. The Morgan fingerprint density at radius 1 is 1.08 bits per heavy atom. The van der Waals surface area contributed by atoms with Crippen LogP contribution in [-0.4, -0.2) is 0 Å². The molecule has 80 valence electrons. The zero-order chi connectivity index (χ0) is 10.3. The summed E-state index contributed by atoms with van der Waals surface area (Å²) in [7, 11) is 0. The van der Waals surface area contributed by atoms with Gasteiger partial charge in [0.05, 0.1) is 0 Å². The van der Waals surface area contributed by atoms with Crippen molar-refractivity contribution in [1.29, 1.82) is 0 Å². The van der Waals surface area contributed by atoms with Crippen molar-refractivity contribution >= 4 is 0 Å². The second kappa shape index (κ2) is 7.41. The zero-order valence-corrected chi connectivity index (χ0v) is 10.3. The van der Waals surface area contributed by atoms with Gasteiger partial charge in [-0.05, 0) is 24.2 Å². The van der Waals surface area contributed by atoms with Crippen molar-refractivity contribution in [2.24, 2.45) is 17.8 Å². The van der Waals surface area contributed by atoms with Gasteiger partial charge in [0.15, 0.2) is 0 Å². The summed E-state index contributed by atoms with van der Waals surface area (Å²) in [6.07, 6.45) is 7.38. The quantitative estimate of drug-likeness (QED) is 0.584. The maximum Gasteiger partial charge on any atom is -0.0412 e. The highest BCUT2D eigenvalue weighted by Crippen LogP contribution is 2.34. The summed E-state index contributed by atoms with van der Waals surface area (Å²) < 4.78 is 0. The van der Waals surface area contributed by atoms with E-state index in [0.717, 1.165) is 17.8 Å². The molecule has 0 nitrogen and oxygen atoms in total. The predicted molar refractivity (Wildman–Crippen MR) is 61.9 cm³/mol. The first kappa shape index (κ1) is 13.0. The maximum absolute atomic E-state index is 2.42. The molecule has 1 aliphatic rings. The molecule has 2 atom stereocenters. The molecule has 0 heteroatoms. The molecule has 0 amide bonds. The van der Waals surface area contributed by atoms with Crippen LogP contribution in [-0.2, 0) is 0 Å². The number of hydrogen-bond donors (Lipinski definition) is 0. The molecule has 1 rings (SSSR count). The van der Waals surface area contributed by atoms with Crippen LogP contribution < -0.4 is 0 Å². The van der Waals surface area contributed by atoms with E-state index in [0.29, 0.717) is 0 Å². The Morgan fingerprint density at radius 2 is 1.62 bits per heavy atom. The monoisotopic (exact) mass is 184 g/mol. The molecular formula is C13H28. The van der Waals surface area contributed by atoms with E-state index in [-0.39, 0.29) is 0 Å². The molecule has 1 aliphatic carbocycles. The Balaban J connectivity index is 0.000000671. The van der Waals surface area contributed by atoms with E-state index in [4.69, 9.17) is 0 Å². The van der Waals surface area contributed by atoms with Crippen molar-refractivity contribution in [3.63, 3.8) is 0 Å². The normalized spacial score (nSPS) is 21.0. The largest absolute Gasteiger partial charge is 0.0683 e. The summed E-state index contributed by atoms with van der Waals surface area (Å²) >= 11 is 0. The predicted octanol–water partition coefficient (Wildman–Crippen LogP) is 4.89. The Bertz CT molecular complexity index is 103. The van der Waals surface area contributed by atoms with Crippen molar-refractivity contribution in [3.05, 3.63) is 0 Å². The molecule has 0 aromatic heterocycles. The minimum absolute atomic E-state index is 0.940. The SMILES string of the molecule is CC.CCC(C)C(C)CC1CCC1. The lowest BCUT2D eigenvalue weighted by atomic mass is 9.76. The van der Waals surface area contributed by atoms with Crippen LogP contribution in [0.3, 0.4) is 0 Å². The second-order valence-corrected chi connectivity index (χ2v) is 4.40. The van der Waals surface area contributed by atoms with Gasteiger partial charge in [0.25, 0.3) is 0 Å². The Hall–Kier alpha value is 0. The van der Waals surface area contributed by atoms with E-state index in [9.17, 15) is 0 Å². The van der Waals surface area contributed by atoms with Crippen LogP contribution in [0, 0.1) is 17.8 Å². The molecule has 0 aliphatic heterocycles. The van der Waals surface area contributed by atoms with Crippen LogP contribution in [0.1, 0.15) is 66.7 Å². The molecular weight excluding hydrogens is 156 g/mol. The third kappa shape index (κ3) is 4.69. The lowest BCUT2D eigenvalue weighted by Gasteiger charge is -2.30. The van der Waals surface area contributed by atoms with Crippen LogP contribution in [0.15, 0.2) is 0 Å². The van der Waals surface area contributed by atoms with Gasteiger partial charge in [0, 0.05) is 0 Å². The molecule has 0 saturated heterocycles. The highest BCUT2D eigenvalue weighted by Gasteiger charge is 2.21. The molecule has 0 spiro atoms. The summed E-state index contributed by atoms with van der Waals surface area (Å²) in [6, 6.07) is 0. The fourth-order valence-electron chi connectivity index (χ4n) is 1.89. The highest BCUT2D eigenvalue weighted by molar-refractivity contribution is 4.73. The second-order valence-electron chi connectivity index (χ2n) is 4.40. The van der Waals surface area contributed by atoms with Gasteiger partial charge in [-0.1, -0.05) is 60.3 Å². The summed E-state index contributed by atoms with van der Waals surface area (Å²) in [4.78, 5) is 0. The lowest BCUT2D eigenvalue weighted by Crippen LogP contribution is -2.18. The molecule has 13 heavy (non-hydrogen) atoms. The fourth-order valence-corrected chi connectivity index (χ4v) is 1.89. The molecule has 1 fully saturated rings. The molecule has 2 unspecified atom stereocenters. The summed E-state index contributed by atoms with van der Waals surface area (Å²) in [5, 5.41) is 0. The van der Waals surface area contributed by atoms with Crippen LogP contribution in [0.25, 0.3) is 0 Å². The Kier molecular flexibility index (Phi) is 7.41. The molecule has 1 saturated carbocycles. The van der Waals surface area contributed by atoms with E-state index < -0.39 is 0 Å². The van der Waals surface area contributed by atoms with Gasteiger partial charge in [0.1, 0.15) is 0 Å². The average Bonchev–Trinajstić information content (AvgIpc) is 2.13. The first-order chi connectivity index (χ1) is 6.24. The Morgan fingerprint density at radius 3 is 1.92 bits per heavy atom. The smallest absolute Gasteiger partial charge is 0.0412 e. The first-order valence-corrected chi connectivity index (χ1v) is 6.24. The van der Waals surface area contributed by atoms with Crippen LogP contribution in [0.2, 0.25) is 0 Å². The van der Waals surface area contributed by atoms with Gasteiger partial charge in [-0.2, -0.15) is 0 Å². The van der Waals surface area contributed by atoms with Gasteiger partial charge in [0.2, 0.25) is 0 Å². The minimum Gasteiger partial charge on any atom is -0.0683 e. The molecule has 0 aromatic rings. The summed E-state index contributed by atoms with van der Waals surface area (Å²) in [5.74, 6) is 3.00. The van der Waals surface area contributed by atoms with Crippen LogP contribution in [0.5, 0.6) is 0 Å². The van der Waals surface area contributed by atoms with Gasteiger partial charge in [-0.15, -0.1) is 0 Å². The van der Waals surface area contributed by atoms with Crippen molar-refractivity contribution in [2.45, 2.75) is 66.7 Å². The van der Waals surface area contributed by atoms with Gasteiger partial charge in [-0.25, -0.2) is 0 Å². The van der Waals surface area contributed by atoms with E-state index in [2.05, 4.69) is 20.8 Å². The number of rotatable bonds is 4. The lowest BCUT2D eigenvalue weighted by molar-refractivity contribution is 0.219. The number of hydrogen-bond acceptors (Lipinski definition) is 0. The highest BCUT2D eigenvalue weighted by atomic mass is 14.3. The topological polar surface area (TPSA) is 0 Å². The minimum atomic E-state index is 0.940. The molecule has 0 aromatic carbocycles. The van der Waals surface area contributed by atoms with Crippen molar-refractivity contribution in [3.8, 4) is 0 Å². The van der Waals surface area contributed by atoms with Crippen molar-refractivity contribution < 1.29 is 0 Å². The van der Waals surface area contributed by atoms with E-state index >= 15 is 0 Å². The van der Waals surface area contributed by atoms with E-state index in [1.165, 1.54) is 32.1 Å².